The highest BCUT2D eigenvalue weighted by Crippen LogP contribution is 2.16. The molecule has 1 heterocycles. The summed E-state index contributed by atoms with van der Waals surface area (Å²) in [5, 5.41) is 0. The molecule has 112 valence electrons. The number of nitrogen functional groups attached to an aromatic ring is 1. The standard InChI is InChI=1S/C15H15FN2O2.H3N/c1-2-20-15(19)14-13(17)8-11(9-18-14)7-10-3-5-12(16)6-4-10;/h3-6,8-9H,2,7,17H2,1H3;1H3. The predicted octanol–water partition coefficient (Wildman–Crippen LogP) is 2.73. The topological polar surface area (TPSA) is 100 Å². The van der Waals surface area contributed by atoms with Gasteiger partial charge >= 0.3 is 5.97 Å². The van der Waals surface area contributed by atoms with Crippen molar-refractivity contribution in [1.82, 2.24) is 11.1 Å². The quantitative estimate of drug-likeness (QED) is 0.843. The third kappa shape index (κ3) is 4.25. The number of esters is 1. The van der Waals surface area contributed by atoms with E-state index >= 15 is 0 Å². The Morgan fingerprint density at radius 1 is 1.29 bits per heavy atom. The number of nitrogens with zero attached hydrogens (tertiary/aromatic N) is 1. The van der Waals surface area contributed by atoms with Gasteiger partial charge < -0.3 is 16.6 Å². The number of ether oxygens (including phenoxy) is 1. The SMILES string of the molecule is CCOC(=O)c1ncc(Cc2ccc(F)cc2)cc1N.N. The number of hydrogen-bond donors (Lipinski definition) is 2. The molecule has 0 unspecified atom stereocenters. The number of rotatable bonds is 4. The van der Waals surface area contributed by atoms with Crippen molar-refractivity contribution >= 4 is 11.7 Å². The Hall–Kier alpha value is -2.47. The first-order valence-corrected chi connectivity index (χ1v) is 6.26. The van der Waals surface area contributed by atoms with E-state index in [0.29, 0.717) is 6.42 Å². The Labute approximate surface area is 122 Å². The molecule has 0 bridgehead atoms. The van der Waals surface area contributed by atoms with E-state index in [9.17, 15) is 9.18 Å². The summed E-state index contributed by atoms with van der Waals surface area (Å²) in [5.74, 6) is -0.803. The fourth-order valence-corrected chi connectivity index (χ4v) is 1.83. The van der Waals surface area contributed by atoms with Gasteiger partial charge in [-0.05, 0) is 42.7 Å². The summed E-state index contributed by atoms with van der Waals surface area (Å²) < 4.78 is 17.7. The van der Waals surface area contributed by atoms with Crippen LogP contribution in [0.4, 0.5) is 10.1 Å². The largest absolute Gasteiger partial charge is 0.461 e. The second kappa shape index (κ2) is 7.35. The molecule has 0 fully saturated rings. The van der Waals surface area contributed by atoms with Crippen molar-refractivity contribution in [3.63, 3.8) is 0 Å². The number of nitrogens with two attached hydrogens (primary N) is 1. The predicted molar refractivity (Wildman–Crippen MR) is 78.8 cm³/mol. The van der Waals surface area contributed by atoms with E-state index in [1.165, 1.54) is 12.1 Å². The third-order valence-electron chi connectivity index (χ3n) is 2.76. The summed E-state index contributed by atoms with van der Waals surface area (Å²) in [4.78, 5) is 15.6. The maximum atomic E-state index is 12.8. The summed E-state index contributed by atoms with van der Waals surface area (Å²) in [6, 6.07) is 7.89. The minimum Gasteiger partial charge on any atom is -0.461 e. The molecule has 0 aliphatic carbocycles. The van der Waals surface area contributed by atoms with Gasteiger partial charge in [-0.15, -0.1) is 0 Å². The van der Waals surface area contributed by atoms with Gasteiger partial charge in [-0.3, -0.25) is 0 Å². The molecule has 0 amide bonds. The number of benzene rings is 1. The lowest BCUT2D eigenvalue weighted by molar-refractivity contribution is 0.0521. The van der Waals surface area contributed by atoms with Gasteiger partial charge in [0.05, 0.1) is 12.3 Å². The molecule has 0 atom stereocenters. The average Bonchev–Trinajstić information content (AvgIpc) is 2.42. The summed E-state index contributed by atoms with van der Waals surface area (Å²) in [6.07, 6.45) is 2.15. The van der Waals surface area contributed by atoms with Gasteiger partial charge in [-0.1, -0.05) is 12.1 Å². The van der Waals surface area contributed by atoms with Gasteiger partial charge in [0.1, 0.15) is 5.82 Å². The van der Waals surface area contributed by atoms with Crippen LogP contribution in [0.3, 0.4) is 0 Å². The van der Waals surface area contributed by atoms with Gasteiger partial charge in [0.2, 0.25) is 0 Å². The molecule has 0 radical (unpaired) electrons. The van der Waals surface area contributed by atoms with E-state index < -0.39 is 5.97 Å². The molecular formula is C15H18FN3O2. The first-order valence-electron chi connectivity index (χ1n) is 6.26. The molecule has 0 saturated heterocycles. The van der Waals surface area contributed by atoms with E-state index in [1.807, 2.05) is 0 Å². The molecule has 0 saturated carbocycles. The van der Waals surface area contributed by atoms with Crippen LogP contribution in [0.15, 0.2) is 36.5 Å². The lowest BCUT2D eigenvalue weighted by Gasteiger charge is -2.07. The number of hydrogen-bond acceptors (Lipinski definition) is 5. The summed E-state index contributed by atoms with van der Waals surface area (Å²) in [5.41, 5.74) is 8.00. The van der Waals surface area contributed by atoms with Crippen LogP contribution < -0.4 is 11.9 Å². The second-order valence-corrected chi connectivity index (χ2v) is 4.31. The molecule has 1 aromatic heterocycles. The van der Waals surface area contributed by atoms with Crippen LogP contribution >= 0.6 is 0 Å². The van der Waals surface area contributed by atoms with E-state index in [-0.39, 0.29) is 30.0 Å². The molecule has 1 aromatic carbocycles. The van der Waals surface area contributed by atoms with E-state index in [4.69, 9.17) is 10.5 Å². The van der Waals surface area contributed by atoms with Crippen LogP contribution in [0.2, 0.25) is 0 Å². The zero-order chi connectivity index (χ0) is 14.5. The van der Waals surface area contributed by atoms with Crippen molar-refractivity contribution in [3.05, 3.63) is 59.2 Å². The first kappa shape index (κ1) is 16.6. The molecule has 0 aliphatic rings. The van der Waals surface area contributed by atoms with Crippen molar-refractivity contribution in [2.24, 2.45) is 0 Å². The molecule has 2 rings (SSSR count). The molecule has 0 aliphatic heterocycles. The molecule has 6 heteroatoms. The number of carbonyl (C=O) groups excluding carboxylic acids is 1. The van der Waals surface area contributed by atoms with Crippen molar-refractivity contribution in [3.8, 4) is 0 Å². The third-order valence-corrected chi connectivity index (χ3v) is 2.76. The number of pyridine rings is 1. The van der Waals surface area contributed by atoms with E-state index in [1.54, 1.807) is 31.3 Å². The van der Waals surface area contributed by atoms with Gasteiger partial charge in [0.25, 0.3) is 0 Å². The number of halogens is 1. The average molecular weight is 291 g/mol. The van der Waals surface area contributed by atoms with Gasteiger partial charge in [-0.2, -0.15) is 0 Å². The molecule has 21 heavy (non-hydrogen) atoms. The second-order valence-electron chi connectivity index (χ2n) is 4.31. The highest BCUT2D eigenvalue weighted by molar-refractivity contribution is 5.92. The van der Waals surface area contributed by atoms with Gasteiger partial charge in [0.15, 0.2) is 5.69 Å². The van der Waals surface area contributed by atoms with Gasteiger partial charge in [0, 0.05) is 6.20 Å². The maximum Gasteiger partial charge on any atom is 0.359 e. The van der Waals surface area contributed by atoms with E-state index in [2.05, 4.69) is 4.98 Å². The van der Waals surface area contributed by atoms with Crippen LogP contribution in [0, 0.1) is 5.82 Å². The Morgan fingerprint density at radius 2 is 1.95 bits per heavy atom. The van der Waals surface area contributed by atoms with Crippen molar-refractivity contribution in [2.75, 3.05) is 12.3 Å². The number of aromatic nitrogens is 1. The lowest BCUT2D eigenvalue weighted by atomic mass is 10.1. The van der Waals surface area contributed by atoms with Crippen LogP contribution in [-0.4, -0.2) is 17.6 Å². The van der Waals surface area contributed by atoms with Crippen molar-refractivity contribution < 1.29 is 13.9 Å². The Bertz CT molecular complexity index is 615. The summed E-state index contributed by atoms with van der Waals surface area (Å²) >= 11 is 0. The van der Waals surface area contributed by atoms with Crippen LogP contribution in [-0.2, 0) is 11.2 Å². The molecular weight excluding hydrogens is 273 g/mol. The number of anilines is 1. The monoisotopic (exact) mass is 291 g/mol. The highest BCUT2D eigenvalue weighted by Gasteiger charge is 2.13. The maximum absolute atomic E-state index is 12.8. The number of carbonyl (C=O) groups is 1. The van der Waals surface area contributed by atoms with Crippen molar-refractivity contribution in [2.45, 2.75) is 13.3 Å². The highest BCUT2D eigenvalue weighted by atomic mass is 19.1. The molecule has 5 N–H and O–H groups in total. The van der Waals surface area contributed by atoms with Crippen molar-refractivity contribution in [1.29, 1.82) is 0 Å². The zero-order valence-electron chi connectivity index (χ0n) is 11.8. The fourth-order valence-electron chi connectivity index (χ4n) is 1.83. The minimum absolute atomic E-state index is 0. The smallest absolute Gasteiger partial charge is 0.359 e. The lowest BCUT2D eigenvalue weighted by Crippen LogP contribution is -2.11. The minimum atomic E-state index is -0.529. The Kier molecular flexibility index (Phi) is 5.80. The zero-order valence-corrected chi connectivity index (χ0v) is 11.8. The first-order chi connectivity index (χ1) is 9.60. The normalized spacial score (nSPS) is 9.81. The van der Waals surface area contributed by atoms with E-state index in [0.717, 1.165) is 11.1 Å². The van der Waals surface area contributed by atoms with Crippen LogP contribution in [0.25, 0.3) is 0 Å². The van der Waals surface area contributed by atoms with Crippen LogP contribution in [0.1, 0.15) is 28.5 Å². The Balaban J connectivity index is 0.00000220. The van der Waals surface area contributed by atoms with Gasteiger partial charge in [-0.25, -0.2) is 14.2 Å². The summed E-state index contributed by atoms with van der Waals surface area (Å²) in [6.45, 7) is 1.99. The molecule has 0 spiro atoms. The fraction of sp³-hybridized carbons (Fsp3) is 0.200. The molecule has 5 nitrogen and oxygen atoms in total. The van der Waals surface area contributed by atoms with Crippen LogP contribution in [0.5, 0.6) is 0 Å². The molecule has 2 aromatic rings. The Morgan fingerprint density at radius 3 is 2.52 bits per heavy atom. The summed E-state index contributed by atoms with van der Waals surface area (Å²) in [7, 11) is 0.